The number of rotatable bonds is 4. The zero-order valence-electron chi connectivity index (χ0n) is 11.2. The number of hydrogen-bond acceptors (Lipinski definition) is 6. The summed E-state index contributed by atoms with van der Waals surface area (Å²) in [4.78, 5) is 19.7. The van der Waals surface area contributed by atoms with Crippen molar-refractivity contribution >= 4 is 11.7 Å². The van der Waals surface area contributed by atoms with Gasteiger partial charge in [-0.25, -0.2) is 10.8 Å². The maximum atomic E-state index is 11.4. The third-order valence-corrected chi connectivity index (χ3v) is 2.71. The summed E-state index contributed by atoms with van der Waals surface area (Å²) in [5.74, 6) is 6.44. The molecule has 7 heteroatoms. The average Bonchev–Trinajstić information content (AvgIpc) is 2.42. The van der Waals surface area contributed by atoms with Gasteiger partial charge in [0.2, 0.25) is 5.88 Å². The molecule has 0 saturated heterocycles. The molecule has 7 nitrogen and oxygen atoms in total. The van der Waals surface area contributed by atoms with Crippen molar-refractivity contribution in [2.75, 3.05) is 5.43 Å². The predicted octanol–water partition coefficient (Wildman–Crippen LogP) is 1.27. The van der Waals surface area contributed by atoms with Gasteiger partial charge in [0.25, 0.3) is 5.91 Å². The first-order valence-corrected chi connectivity index (χ1v) is 5.91. The predicted molar refractivity (Wildman–Crippen MR) is 74.4 cm³/mol. The zero-order chi connectivity index (χ0) is 14.7. The van der Waals surface area contributed by atoms with E-state index in [1.165, 1.54) is 0 Å². The quantitative estimate of drug-likeness (QED) is 0.570. The van der Waals surface area contributed by atoms with Gasteiger partial charge < -0.3 is 15.9 Å². The van der Waals surface area contributed by atoms with Crippen molar-refractivity contribution in [1.29, 1.82) is 0 Å². The fraction of sp³-hybridized carbons (Fsp3) is 0.154. The van der Waals surface area contributed by atoms with Gasteiger partial charge in [0.1, 0.15) is 17.4 Å². The Morgan fingerprint density at radius 2 is 1.95 bits per heavy atom. The van der Waals surface area contributed by atoms with Crippen LogP contribution in [0.5, 0.6) is 11.6 Å². The van der Waals surface area contributed by atoms with Crippen LogP contribution in [0.15, 0.2) is 24.3 Å². The van der Waals surface area contributed by atoms with Gasteiger partial charge in [0.15, 0.2) is 0 Å². The highest BCUT2D eigenvalue weighted by atomic mass is 16.5. The van der Waals surface area contributed by atoms with Gasteiger partial charge in [-0.3, -0.25) is 4.79 Å². The largest absolute Gasteiger partial charge is 0.438 e. The molecule has 2 rings (SSSR count). The number of amides is 1. The number of aromatic nitrogens is 2. The van der Waals surface area contributed by atoms with E-state index in [2.05, 4.69) is 15.4 Å². The maximum absolute atomic E-state index is 11.4. The summed E-state index contributed by atoms with van der Waals surface area (Å²) in [7, 11) is 0. The Morgan fingerprint density at radius 1 is 1.25 bits per heavy atom. The number of nitrogens with zero attached hydrogens (tertiary/aromatic N) is 2. The molecule has 0 radical (unpaired) electrons. The van der Waals surface area contributed by atoms with Gasteiger partial charge in [0, 0.05) is 0 Å². The van der Waals surface area contributed by atoms with Crippen molar-refractivity contribution in [3.8, 4) is 11.6 Å². The number of nitrogens with two attached hydrogens (primary N) is 2. The summed E-state index contributed by atoms with van der Waals surface area (Å²) < 4.78 is 5.68. The highest BCUT2D eigenvalue weighted by molar-refractivity contribution is 5.95. The first-order valence-electron chi connectivity index (χ1n) is 5.91. The molecule has 0 aliphatic heterocycles. The average molecular weight is 273 g/mol. The molecule has 1 aromatic carbocycles. The van der Waals surface area contributed by atoms with Gasteiger partial charge in [0.05, 0.1) is 11.1 Å². The number of benzene rings is 1. The van der Waals surface area contributed by atoms with E-state index in [9.17, 15) is 4.79 Å². The summed E-state index contributed by atoms with van der Waals surface area (Å²) >= 11 is 0. The van der Waals surface area contributed by atoms with Crippen LogP contribution in [0, 0.1) is 13.8 Å². The Balaban J connectivity index is 2.45. The number of carbonyl (C=O) groups is 1. The number of para-hydroxylation sites is 1. The standard InChI is InChI=1S/C13H15N5O2/c1-7-12(18-15)16-8(2)17-13(7)20-10-6-4-3-5-9(10)11(14)19/h3-6H,15H2,1-2H3,(H2,14,19)(H,16,17,18). The normalized spacial score (nSPS) is 10.2. The van der Waals surface area contributed by atoms with E-state index in [4.69, 9.17) is 16.3 Å². The summed E-state index contributed by atoms with van der Waals surface area (Å²) in [5.41, 5.74) is 8.70. The van der Waals surface area contributed by atoms with Crippen molar-refractivity contribution in [2.45, 2.75) is 13.8 Å². The number of anilines is 1. The first-order chi connectivity index (χ1) is 9.52. The van der Waals surface area contributed by atoms with E-state index in [1.807, 2.05) is 0 Å². The molecule has 1 amide bonds. The summed E-state index contributed by atoms with van der Waals surface area (Å²) in [5, 5.41) is 0. The highest BCUT2D eigenvalue weighted by Gasteiger charge is 2.14. The maximum Gasteiger partial charge on any atom is 0.252 e. The van der Waals surface area contributed by atoms with E-state index < -0.39 is 5.91 Å². The molecule has 0 unspecified atom stereocenters. The number of primary amides is 1. The molecule has 2 aromatic rings. The smallest absolute Gasteiger partial charge is 0.252 e. The fourth-order valence-corrected chi connectivity index (χ4v) is 1.71. The molecule has 0 aliphatic rings. The molecular formula is C13H15N5O2. The molecule has 0 aliphatic carbocycles. The monoisotopic (exact) mass is 273 g/mol. The third kappa shape index (κ3) is 2.67. The van der Waals surface area contributed by atoms with Gasteiger partial charge >= 0.3 is 0 Å². The molecule has 0 spiro atoms. The van der Waals surface area contributed by atoms with Crippen molar-refractivity contribution in [3.05, 3.63) is 41.2 Å². The fourth-order valence-electron chi connectivity index (χ4n) is 1.71. The minimum Gasteiger partial charge on any atom is -0.438 e. The Morgan fingerprint density at radius 3 is 2.60 bits per heavy atom. The molecule has 20 heavy (non-hydrogen) atoms. The Labute approximate surface area is 115 Å². The lowest BCUT2D eigenvalue weighted by Gasteiger charge is -2.13. The second-order valence-electron chi connectivity index (χ2n) is 4.16. The SMILES string of the molecule is Cc1nc(NN)c(C)c(Oc2ccccc2C(N)=O)n1. The molecule has 5 N–H and O–H groups in total. The molecular weight excluding hydrogens is 258 g/mol. The van der Waals surface area contributed by atoms with E-state index in [-0.39, 0.29) is 5.56 Å². The molecule has 0 atom stereocenters. The molecule has 0 bridgehead atoms. The lowest BCUT2D eigenvalue weighted by Crippen LogP contribution is -2.14. The lowest BCUT2D eigenvalue weighted by atomic mass is 10.2. The Kier molecular flexibility index (Phi) is 3.81. The number of nitrogens with one attached hydrogen (secondary N) is 1. The molecule has 0 saturated carbocycles. The third-order valence-electron chi connectivity index (χ3n) is 2.71. The van der Waals surface area contributed by atoms with Crippen molar-refractivity contribution in [3.63, 3.8) is 0 Å². The summed E-state index contributed by atoms with van der Waals surface area (Å²) in [6, 6.07) is 6.68. The molecule has 1 heterocycles. The van der Waals surface area contributed by atoms with Gasteiger partial charge in [-0.2, -0.15) is 4.98 Å². The topological polar surface area (TPSA) is 116 Å². The van der Waals surface area contributed by atoms with Gasteiger partial charge in [-0.15, -0.1) is 0 Å². The van der Waals surface area contributed by atoms with Crippen LogP contribution < -0.4 is 21.7 Å². The van der Waals surface area contributed by atoms with E-state index in [1.54, 1.807) is 38.1 Å². The van der Waals surface area contributed by atoms with Crippen LogP contribution >= 0.6 is 0 Å². The molecule has 104 valence electrons. The van der Waals surface area contributed by atoms with Crippen LogP contribution in [0.4, 0.5) is 5.82 Å². The number of nitrogen functional groups attached to an aromatic ring is 1. The van der Waals surface area contributed by atoms with Crippen LogP contribution in [-0.4, -0.2) is 15.9 Å². The molecule has 0 fully saturated rings. The Bertz CT molecular complexity index is 657. The highest BCUT2D eigenvalue weighted by Crippen LogP contribution is 2.28. The van der Waals surface area contributed by atoms with Crippen molar-refractivity contribution < 1.29 is 9.53 Å². The second-order valence-corrected chi connectivity index (χ2v) is 4.16. The number of aryl methyl sites for hydroxylation is 1. The number of ether oxygens (including phenoxy) is 1. The lowest BCUT2D eigenvalue weighted by molar-refractivity contribution is 0.0998. The van der Waals surface area contributed by atoms with Crippen molar-refractivity contribution in [1.82, 2.24) is 9.97 Å². The van der Waals surface area contributed by atoms with E-state index in [0.717, 1.165) is 0 Å². The second kappa shape index (κ2) is 5.54. The van der Waals surface area contributed by atoms with Crippen LogP contribution in [0.3, 0.4) is 0 Å². The number of hydrogen-bond donors (Lipinski definition) is 3. The van der Waals surface area contributed by atoms with Crippen LogP contribution in [0.2, 0.25) is 0 Å². The number of hydrazine groups is 1. The van der Waals surface area contributed by atoms with Crippen LogP contribution in [0.25, 0.3) is 0 Å². The zero-order valence-corrected chi connectivity index (χ0v) is 11.2. The van der Waals surface area contributed by atoms with Crippen LogP contribution in [0.1, 0.15) is 21.7 Å². The summed E-state index contributed by atoms with van der Waals surface area (Å²) in [6.07, 6.45) is 0. The minimum absolute atomic E-state index is 0.283. The van der Waals surface area contributed by atoms with E-state index in [0.29, 0.717) is 28.8 Å². The van der Waals surface area contributed by atoms with Gasteiger partial charge in [-0.05, 0) is 26.0 Å². The summed E-state index contributed by atoms with van der Waals surface area (Å²) in [6.45, 7) is 3.48. The minimum atomic E-state index is -0.568. The number of carbonyl (C=O) groups excluding carboxylic acids is 1. The van der Waals surface area contributed by atoms with E-state index >= 15 is 0 Å². The molecule has 1 aromatic heterocycles. The Hall–Kier alpha value is -2.67. The first kappa shape index (κ1) is 13.8. The van der Waals surface area contributed by atoms with Crippen molar-refractivity contribution in [2.24, 2.45) is 11.6 Å². The van der Waals surface area contributed by atoms with Gasteiger partial charge in [-0.1, -0.05) is 12.1 Å². The van der Waals surface area contributed by atoms with Crippen LogP contribution in [-0.2, 0) is 0 Å².